The number of carboxylic acids is 1. The zero-order valence-corrected chi connectivity index (χ0v) is 21.0. The zero-order chi connectivity index (χ0) is 24.0. The number of unbranched alkanes of at least 4 members (excludes halogenated alkanes) is 11. The average Bonchev–Trinajstić information content (AvgIpc) is 3.23. The van der Waals surface area contributed by atoms with Crippen LogP contribution in [0.2, 0.25) is 0 Å². The van der Waals surface area contributed by atoms with Crippen LogP contribution >= 0.6 is 0 Å². The van der Waals surface area contributed by atoms with Crippen LogP contribution in [-0.4, -0.2) is 12.5 Å². The Balaban J connectivity index is 0.000000357. The van der Waals surface area contributed by atoms with E-state index < -0.39 is 5.97 Å². The van der Waals surface area contributed by atoms with Crippen LogP contribution in [0.5, 0.6) is 0 Å². The van der Waals surface area contributed by atoms with Crippen molar-refractivity contribution < 1.29 is 9.90 Å². The van der Waals surface area contributed by atoms with E-state index in [-0.39, 0.29) is 6.42 Å². The lowest BCUT2D eigenvalue weighted by Gasteiger charge is -2.10. The number of carbonyl (C=O) groups excluding carboxylic acids is 1. The minimum Gasteiger partial charge on any atom is -0.550 e. The van der Waals surface area contributed by atoms with E-state index in [0.717, 1.165) is 19.3 Å². The van der Waals surface area contributed by atoms with Crippen LogP contribution in [0.4, 0.5) is 0 Å². The van der Waals surface area contributed by atoms with Crippen LogP contribution in [0, 0.1) is 12.3 Å². The molecule has 3 heteroatoms. The maximum atomic E-state index is 10.2. The third-order valence-corrected chi connectivity index (χ3v) is 6.23. The molecule has 2 rings (SSSR count). The molecule has 0 bridgehead atoms. The highest BCUT2D eigenvalue weighted by Crippen LogP contribution is 2.30. The zero-order valence-electron chi connectivity index (χ0n) is 21.0. The van der Waals surface area contributed by atoms with Gasteiger partial charge in [0.05, 0.1) is 6.54 Å². The van der Waals surface area contributed by atoms with Gasteiger partial charge >= 0.3 is 0 Å². The van der Waals surface area contributed by atoms with E-state index in [1.165, 1.54) is 88.2 Å². The number of aliphatic carboxylic acids is 1. The maximum absolute atomic E-state index is 10.2. The Morgan fingerprint density at radius 3 is 2.24 bits per heavy atom. The van der Waals surface area contributed by atoms with Gasteiger partial charge in [0.25, 0.3) is 0 Å². The number of aryl methyl sites for hydroxylation is 1. The molecule has 0 aliphatic heterocycles. The Morgan fingerprint density at radius 1 is 1.00 bits per heavy atom. The first-order valence-electron chi connectivity index (χ1n) is 13.3. The van der Waals surface area contributed by atoms with Crippen LogP contribution in [0.25, 0.3) is 0 Å². The molecule has 0 unspecified atom stereocenters. The summed E-state index contributed by atoms with van der Waals surface area (Å²) in [6.07, 6.45) is 28.5. The number of hydrogen-bond donors (Lipinski definition) is 1. The summed E-state index contributed by atoms with van der Waals surface area (Å²) in [5, 5.41) is 13.6. The predicted octanol–water partition coefficient (Wildman–Crippen LogP) is 6.67. The Morgan fingerprint density at radius 2 is 1.61 bits per heavy atom. The summed E-state index contributed by atoms with van der Waals surface area (Å²) >= 11 is 0. The molecule has 1 aliphatic rings. The fourth-order valence-electron chi connectivity index (χ4n) is 4.29. The van der Waals surface area contributed by atoms with Crippen LogP contribution < -0.4 is 10.4 Å². The van der Waals surface area contributed by atoms with Gasteiger partial charge in [-0.25, -0.2) is 0 Å². The van der Waals surface area contributed by atoms with E-state index in [4.69, 9.17) is 6.42 Å². The largest absolute Gasteiger partial charge is 0.550 e. The molecule has 1 atom stereocenters. The normalized spacial score (nSPS) is 14.5. The molecule has 184 valence electrons. The summed E-state index contributed by atoms with van der Waals surface area (Å²) in [5.41, 5.74) is 2.90. The van der Waals surface area contributed by atoms with Gasteiger partial charge in [-0.3, -0.25) is 5.32 Å². The van der Waals surface area contributed by atoms with E-state index in [1.807, 2.05) is 0 Å². The molecule has 3 nitrogen and oxygen atoms in total. The number of allylic oxidation sites excluding steroid dienone is 2. The first-order chi connectivity index (χ1) is 16.2. The molecule has 0 saturated heterocycles. The lowest BCUT2D eigenvalue weighted by atomic mass is 10.1. The highest BCUT2D eigenvalue weighted by atomic mass is 16.4. The fourth-order valence-corrected chi connectivity index (χ4v) is 4.29. The lowest BCUT2D eigenvalue weighted by Crippen LogP contribution is -2.21. The Kier molecular flexibility index (Phi) is 18.0. The number of nitrogens with one attached hydrogen (secondary N) is 1. The Bertz CT molecular complexity index is 689. The molecule has 0 heterocycles. The number of benzene rings is 1. The summed E-state index contributed by atoms with van der Waals surface area (Å²) in [7, 11) is 0. The minimum atomic E-state index is -0.914. The lowest BCUT2D eigenvalue weighted by molar-refractivity contribution is -0.305. The first kappa shape index (κ1) is 29.0. The molecule has 0 amide bonds. The number of fused-ring (bicyclic) bond motifs is 1. The van der Waals surface area contributed by atoms with Crippen molar-refractivity contribution in [2.75, 3.05) is 6.54 Å². The van der Waals surface area contributed by atoms with Crippen LogP contribution in [0.15, 0.2) is 36.4 Å². The number of carboxylic acid groups (broad SMARTS) is 1. The first-order valence-corrected chi connectivity index (χ1v) is 13.3. The summed E-state index contributed by atoms with van der Waals surface area (Å²) < 4.78 is 0. The number of hydrogen-bond acceptors (Lipinski definition) is 3. The predicted molar refractivity (Wildman–Crippen MR) is 139 cm³/mol. The van der Waals surface area contributed by atoms with E-state index in [1.54, 1.807) is 0 Å². The summed E-state index contributed by atoms with van der Waals surface area (Å²) in [6.45, 7) is 2.92. The van der Waals surface area contributed by atoms with Gasteiger partial charge < -0.3 is 9.90 Å². The van der Waals surface area contributed by atoms with Gasteiger partial charge in [0.15, 0.2) is 0 Å². The van der Waals surface area contributed by atoms with Gasteiger partial charge in [0, 0.05) is 12.0 Å². The third-order valence-electron chi connectivity index (χ3n) is 6.23. The minimum absolute atomic E-state index is 0.220. The third kappa shape index (κ3) is 15.4. The second-order valence-electron chi connectivity index (χ2n) is 9.08. The fraction of sp³-hybridized carbons (Fsp3) is 0.633. The summed E-state index contributed by atoms with van der Waals surface area (Å²) in [5.74, 6) is 1.70. The highest BCUT2D eigenvalue weighted by Gasteiger charge is 2.20. The number of carbonyl (C=O) groups is 1. The average molecular weight is 453 g/mol. The van der Waals surface area contributed by atoms with Crippen molar-refractivity contribution in [3.8, 4) is 12.3 Å². The van der Waals surface area contributed by atoms with Gasteiger partial charge in [0.1, 0.15) is 0 Å². The second-order valence-corrected chi connectivity index (χ2v) is 9.08. The molecule has 1 aromatic rings. The molecular formula is C30H46NO2-. The van der Waals surface area contributed by atoms with Crippen molar-refractivity contribution >= 4 is 5.97 Å². The summed E-state index contributed by atoms with van der Waals surface area (Å²) in [4.78, 5) is 10.2. The second kappa shape index (κ2) is 20.5. The number of rotatable bonds is 17. The molecule has 0 fully saturated rings. The van der Waals surface area contributed by atoms with Crippen molar-refractivity contribution in [1.82, 2.24) is 5.32 Å². The Labute approximate surface area is 203 Å². The van der Waals surface area contributed by atoms with E-state index in [0.29, 0.717) is 12.6 Å². The molecule has 0 saturated carbocycles. The quantitative estimate of drug-likeness (QED) is 0.163. The van der Waals surface area contributed by atoms with E-state index in [2.05, 4.69) is 54.6 Å². The number of terminal acetylenes is 1. The van der Waals surface area contributed by atoms with E-state index in [9.17, 15) is 9.90 Å². The van der Waals surface area contributed by atoms with Crippen LogP contribution in [0.1, 0.15) is 120 Å². The summed E-state index contributed by atoms with van der Waals surface area (Å²) in [6, 6.07) is 9.06. The van der Waals surface area contributed by atoms with Crippen molar-refractivity contribution in [1.29, 1.82) is 0 Å². The molecule has 1 N–H and O–H groups in total. The van der Waals surface area contributed by atoms with Gasteiger partial charge in [0.2, 0.25) is 0 Å². The van der Waals surface area contributed by atoms with Gasteiger partial charge in [-0.05, 0) is 62.5 Å². The Hall–Kier alpha value is -2.05. The molecule has 0 radical (unpaired) electrons. The maximum Gasteiger partial charge on any atom is 0.0578 e. The molecular weight excluding hydrogens is 406 g/mol. The molecule has 1 aliphatic carbocycles. The van der Waals surface area contributed by atoms with Gasteiger partial charge in [-0.2, -0.15) is 0 Å². The molecule has 0 spiro atoms. The topological polar surface area (TPSA) is 52.2 Å². The standard InChI is InChI=1S/C18H34O2.C12H13N/c1-2-3-4-5-6-7-8-9-10-11-12-13-14-15-16-17-18(19)20;1-2-9-13-12-8-7-10-5-3-4-6-11(10)12/h9-10H,2-8,11-17H2,1H3,(H,19,20);1,3-6,12-13H,7-9H2/p-1/b10-9-;/t;12-/m.1/s1. The van der Waals surface area contributed by atoms with Crippen molar-refractivity contribution in [3.63, 3.8) is 0 Å². The smallest absolute Gasteiger partial charge is 0.0578 e. The molecule has 1 aromatic carbocycles. The van der Waals surface area contributed by atoms with Crippen LogP contribution in [-0.2, 0) is 11.2 Å². The van der Waals surface area contributed by atoms with Gasteiger partial charge in [-0.15, -0.1) is 6.42 Å². The SMILES string of the molecule is C#CCN[C@@H]1CCc2ccccc21.CCCCCCCC/C=C\CCCCCCCC(=O)[O-]. The van der Waals surface area contributed by atoms with Crippen LogP contribution in [0.3, 0.4) is 0 Å². The van der Waals surface area contributed by atoms with E-state index >= 15 is 0 Å². The van der Waals surface area contributed by atoms with Gasteiger partial charge in [-0.1, -0.05) is 101 Å². The molecule has 0 aromatic heterocycles. The van der Waals surface area contributed by atoms with Crippen molar-refractivity contribution in [2.24, 2.45) is 0 Å². The highest BCUT2D eigenvalue weighted by molar-refractivity contribution is 5.64. The molecule has 33 heavy (non-hydrogen) atoms. The monoisotopic (exact) mass is 452 g/mol. The van der Waals surface area contributed by atoms with Crippen molar-refractivity contribution in [3.05, 3.63) is 47.5 Å². The van der Waals surface area contributed by atoms with Crippen molar-refractivity contribution in [2.45, 2.75) is 116 Å².